The highest BCUT2D eigenvalue weighted by Gasteiger charge is 2.56. The summed E-state index contributed by atoms with van der Waals surface area (Å²) in [5.41, 5.74) is 0. The molecule has 13 atom stereocenters. The van der Waals surface area contributed by atoms with Crippen LogP contribution in [0.15, 0.2) is 0 Å². The van der Waals surface area contributed by atoms with Crippen molar-refractivity contribution in [1.29, 1.82) is 0 Å². The first kappa shape index (κ1) is 64.3. The standard InChI is InChI=1S/C50H94NO18P/c1-5-7-9-11-13-15-17-19-21-23-25-27-29-31-39(54)64-34-37(66-40(55)32-30-28-26-24-22-20-18-16-14-12-10-8-6-2)35-65-70(61,62)69-49-46(60)44(58)43(57)45(59)48(49)68-50-41(51-36(3)53)42(56)47(63-4)38(33-52)67-50/h37-38,41-50,52,56-60H,5-35H2,1-4H3,(H,51,53)(H,61,62)/t37-,38-,41-,42-,43-,44-,45+,46-,47-,48-,49-,50-/m1/s1. The van der Waals surface area contributed by atoms with E-state index in [4.69, 9.17) is 32.7 Å². The van der Waals surface area contributed by atoms with Crippen LogP contribution in [0.3, 0.4) is 0 Å². The number of aliphatic hydroxyl groups excluding tert-OH is 6. The molecule has 1 aliphatic carbocycles. The number of esters is 2. The molecule has 70 heavy (non-hydrogen) atoms. The van der Waals surface area contributed by atoms with Gasteiger partial charge < -0.3 is 64.5 Å². The molecule has 2 fully saturated rings. The van der Waals surface area contributed by atoms with Crippen LogP contribution < -0.4 is 5.32 Å². The number of phosphoric ester groups is 1. The number of methoxy groups -OCH3 is 1. The number of carbonyl (C=O) groups excluding carboxylic acids is 3. The van der Waals surface area contributed by atoms with E-state index < -0.39 is 119 Å². The topological polar surface area (TPSA) is 287 Å². The largest absolute Gasteiger partial charge is 0.472 e. The molecule has 20 heteroatoms. The molecule has 1 unspecified atom stereocenters. The maximum atomic E-state index is 13.6. The summed E-state index contributed by atoms with van der Waals surface area (Å²) in [5.74, 6) is -1.86. The lowest BCUT2D eigenvalue weighted by Gasteiger charge is -2.48. The summed E-state index contributed by atoms with van der Waals surface area (Å²) in [5, 5.41) is 66.7. The minimum absolute atomic E-state index is 0.0412. The van der Waals surface area contributed by atoms with E-state index in [1.807, 2.05) is 0 Å². The van der Waals surface area contributed by atoms with Crippen molar-refractivity contribution in [3.05, 3.63) is 0 Å². The van der Waals surface area contributed by atoms with Crippen LogP contribution in [-0.2, 0) is 51.7 Å². The first-order valence-corrected chi connectivity index (χ1v) is 28.2. The van der Waals surface area contributed by atoms with Gasteiger partial charge in [-0.25, -0.2) is 4.57 Å². The molecule has 2 rings (SSSR count). The maximum Gasteiger partial charge on any atom is 0.472 e. The predicted octanol–water partition coefficient (Wildman–Crippen LogP) is 6.35. The number of unbranched alkanes of at least 4 members (excludes halogenated alkanes) is 24. The molecule has 8 N–H and O–H groups in total. The third-order valence-electron chi connectivity index (χ3n) is 13.2. The minimum atomic E-state index is -5.38. The highest BCUT2D eigenvalue weighted by molar-refractivity contribution is 7.47. The lowest BCUT2D eigenvalue weighted by Crippen LogP contribution is -2.69. The van der Waals surface area contributed by atoms with Crippen molar-refractivity contribution < 1.29 is 87.2 Å². The van der Waals surface area contributed by atoms with E-state index in [0.29, 0.717) is 12.8 Å². The van der Waals surface area contributed by atoms with E-state index in [2.05, 4.69) is 19.2 Å². The quantitative estimate of drug-likeness (QED) is 0.0188. The number of aliphatic hydroxyl groups is 6. The van der Waals surface area contributed by atoms with Gasteiger partial charge in [-0.2, -0.15) is 0 Å². The fourth-order valence-corrected chi connectivity index (χ4v) is 10.0. The van der Waals surface area contributed by atoms with Gasteiger partial charge in [0, 0.05) is 26.9 Å². The fraction of sp³-hybridized carbons (Fsp3) is 0.940. The molecule has 1 saturated carbocycles. The van der Waals surface area contributed by atoms with Gasteiger partial charge in [0.05, 0.1) is 13.2 Å². The molecule has 19 nitrogen and oxygen atoms in total. The van der Waals surface area contributed by atoms with Crippen molar-refractivity contribution in [2.24, 2.45) is 0 Å². The molecule has 2 aliphatic rings. The number of phosphoric acid groups is 1. The Labute approximate surface area is 418 Å². The average Bonchev–Trinajstić information content (AvgIpc) is 3.33. The number of nitrogens with one attached hydrogen (secondary N) is 1. The van der Waals surface area contributed by atoms with E-state index in [1.165, 1.54) is 110 Å². The number of amides is 1. The summed E-state index contributed by atoms with van der Waals surface area (Å²) in [6.45, 7) is 3.51. The molecule has 0 aromatic heterocycles. The smallest absolute Gasteiger partial charge is 0.462 e. The van der Waals surface area contributed by atoms with E-state index in [-0.39, 0.29) is 12.8 Å². The van der Waals surface area contributed by atoms with Crippen molar-refractivity contribution in [3.63, 3.8) is 0 Å². The molecule has 1 amide bonds. The van der Waals surface area contributed by atoms with Gasteiger partial charge in [0.1, 0.15) is 67.6 Å². The first-order chi connectivity index (χ1) is 33.6. The Morgan fingerprint density at radius 3 is 1.44 bits per heavy atom. The van der Waals surface area contributed by atoms with Crippen LogP contribution >= 0.6 is 7.82 Å². The zero-order valence-corrected chi connectivity index (χ0v) is 43.8. The number of carbonyl (C=O) groups is 3. The highest BCUT2D eigenvalue weighted by atomic mass is 31.2. The van der Waals surface area contributed by atoms with Crippen molar-refractivity contribution in [2.45, 2.75) is 274 Å². The molecule has 0 radical (unpaired) electrons. The normalized spacial score (nSPS) is 27.2. The monoisotopic (exact) mass is 1030 g/mol. The van der Waals surface area contributed by atoms with Gasteiger partial charge in [-0.1, -0.05) is 168 Å². The number of ether oxygens (including phenoxy) is 5. The Morgan fingerprint density at radius 1 is 0.586 bits per heavy atom. The average molecular weight is 1030 g/mol. The molecule has 1 saturated heterocycles. The van der Waals surface area contributed by atoms with Gasteiger partial charge in [-0.3, -0.25) is 23.4 Å². The third-order valence-corrected chi connectivity index (χ3v) is 14.2. The molecule has 412 valence electrons. The summed E-state index contributed by atoms with van der Waals surface area (Å²) in [4.78, 5) is 48.9. The van der Waals surface area contributed by atoms with Crippen LogP contribution in [0.2, 0.25) is 0 Å². The zero-order valence-electron chi connectivity index (χ0n) is 42.9. The minimum Gasteiger partial charge on any atom is -0.462 e. The van der Waals surface area contributed by atoms with Gasteiger partial charge in [-0.05, 0) is 12.8 Å². The molecule has 0 bridgehead atoms. The maximum absolute atomic E-state index is 13.6. The van der Waals surface area contributed by atoms with Crippen LogP contribution in [0, 0.1) is 0 Å². The van der Waals surface area contributed by atoms with Crippen LogP contribution in [0.4, 0.5) is 0 Å². The van der Waals surface area contributed by atoms with Gasteiger partial charge in [-0.15, -0.1) is 0 Å². The van der Waals surface area contributed by atoms with E-state index in [1.54, 1.807) is 0 Å². The summed E-state index contributed by atoms with van der Waals surface area (Å²) < 4.78 is 51.9. The highest BCUT2D eigenvalue weighted by Crippen LogP contribution is 2.48. The lowest BCUT2D eigenvalue weighted by molar-refractivity contribution is -0.319. The van der Waals surface area contributed by atoms with E-state index >= 15 is 0 Å². The Hall–Kier alpha value is -1.84. The molecule has 1 aliphatic heterocycles. The van der Waals surface area contributed by atoms with Crippen molar-refractivity contribution in [2.75, 3.05) is 26.9 Å². The Morgan fingerprint density at radius 2 is 1.01 bits per heavy atom. The Balaban J connectivity index is 2.04. The van der Waals surface area contributed by atoms with Crippen LogP contribution in [0.5, 0.6) is 0 Å². The van der Waals surface area contributed by atoms with Gasteiger partial charge >= 0.3 is 19.8 Å². The van der Waals surface area contributed by atoms with E-state index in [9.17, 15) is 54.5 Å². The number of hydrogen-bond donors (Lipinski definition) is 8. The van der Waals surface area contributed by atoms with Crippen molar-refractivity contribution in [3.8, 4) is 0 Å². The summed E-state index contributed by atoms with van der Waals surface area (Å²) in [7, 11) is -4.15. The zero-order chi connectivity index (χ0) is 51.7. The fourth-order valence-electron chi connectivity index (χ4n) is 9.03. The second-order valence-electron chi connectivity index (χ2n) is 19.3. The lowest BCUT2D eigenvalue weighted by atomic mass is 9.84. The Bertz CT molecular complexity index is 1430. The summed E-state index contributed by atoms with van der Waals surface area (Å²) in [6, 6.07) is -1.45. The third kappa shape index (κ3) is 25.9. The van der Waals surface area contributed by atoms with Crippen LogP contribution in [0.25, 0.3) is 0 Å². The first-order valence-electron chi connectivity index (χ1n) is 26.7. The molecule has 1 heterocycles. The summed E-state index contributed by atoms with van der Waals surface area (Å²) >= 11 is 0. The van der Waals surface area contributed by atoms with Gasteiger partial charge in [0.25, 0.3) is 0 Å². The van der Waals surface area contributed by atoms with Crippen LogP contribution in [0.1, 0.15) is 201 Å². The SMILES string of the molecule is CCCCCCCCCCCCCCCC(=O)OC[C@H](COP(=O)(O)O[C@@H]1[C@H](O)[C@H](O)[C@@H](O)[C@H](O)[C@H]1O[C@H]1O[C@H](CO)[C@@H](OC)[C@H](O)[C@H]1NC(C)=O)OC(=O)CCCCCCCCCCCCCCC. The second kappa shape index (κ2) is 37.8. The molecule has 0 aromatic rings. The Kier molecular flexibility index (Phi) is 34.7. The second-order valence-corrected chi connectivity index (χ2v) is 20.7. The summed E-state index contributed by atoms with van der Waals surface area (Å²) in [6.07, 6.45) is 9.68. The molecule has 0 spiro atoms. The predicted molar refractivity (Wildman–Crippen MR) is 261 cm³/mol. The number of rotatable bonds is 41. The van der Waals surface area contributed by atoms with E-state index in [0.717, 1.165) is 58.3 Å². The van der Waals surface area contributed by atoms with Gasteiger partial charge in [0.2, 0.25) is 5.91 Å². The molecule has 0 aromatic carbocycles. The van der Waals surface area contributed by atoms with Crippen molar-refractivity contribution >= 4 is 25.7 Å². The van der Waals surface area contributed by atoms with Crippen molar-refractivity contribution in [1.82, 2.24) is 5.32 Å². The van der Waals surface area contributed by atoms with Crippen LogP contribution in [-0.4, -0.2) is 154 Å². The van der Waals surface area contributed by atoms with Gasteiger partial charge in [0.15, 0.2) is 12.4 Å². The number of hydrogen-bond acceptors (Lipinski definition) is 17. The molecular formula is C50H94NO18P. The molecular weight excluding hydrogens is 934 g/mol.